The van der Waals surface area contributed by atoms with Crippen molar-refractivity contribution < 1.29 is 19.1 Å². The van der Waals surface area contributed by atoms with Crippen LogP contribution in [0.2, 0.25) is 0 Å². The number of carbonyl (C=O) groups excluding carboxylic acids is 2. The number of para-hydroxylation sites is 2. The van der Waals surface area contributed by atoms with Crippen molar-refractivity contribution in [3.63, 3.8) is 0 Å². The average Bonchev–Trinajstić information content (AvgIpc) is 2.88. The molecule has 35 heavy (non-hydrogen) atoms. The van der Waals surface area contributed by atoms with Crippen LogP contribution < -0.4 is 10.1 Å². The number of anilines is 1. The number of esters is 1. The fraction of sp³-hybridized carbons (Fsp3) is 0.207. The molecule has 1 aliphatic carbocycles. The summed E-state index contributed by atoms with van der Waals surface area (Å²) >= 11 is 0. The lowest BCUT2D eigenvalue weighted by Crippen LogP contribution is -2.23. The Morgan fingerprint density at radius 3 is 2.46 bits per heavy atom. The van der Waals surface area contributed by atoms with Crippen LogP contribution in [0.5, 0.6) is 11.5 Å². The number of nitrogens with one attached hydrogen (secondary N) is 1. The quantitative estimate of drug-likeness (QED) is 0.356. The van der Waals surface area contributed by atoms with E-state index in [0.29, 0.717) is 22.9 Å². The summed E-state index contributed by atoms with van der Waals surface area (Å²) in [4.78, 5) is 30.4. The lowest BCUT2D eigenvalue weighted by Gasteiger charge is -2.24. The number of carbonyl (C=O) groups is 2. The van der Waals surface area contributed by atoms with E-state index in [2.05, 4.69) is 12.2 Å². The molecule has 0 fully saturated rings. The van der Waals surface area contributed by atoms with Gasteiger partial charge in [-0.05, 0) is 73.2 Å². The number of pyridine rings is 1. The van der Waals surface area contributed by atoms with Crippen LogP contribution in [0.4, 0.5) is 5.69 Å². The lowest BCUT2D eigenvalue weighted by molar-refractivity contribution is -0.119. The van der Waals surface area contributed by atoms with E-state index < -0.39 is 11.9 Å². The van der Waals surface area contributed by atoms with Crippen molar-refractivity contribution in [2.45, 2.75) is 26.2 Å². The van der Waals surface area contributed by atoms with Crippen LogP contribution in [0.3, 0.4) is 0 Å². The summed E-state index contributed by atoms with van der Waals surface area (Å²) in [5.41, 5.74) is 3.80. The van der Waals surface area contributed by atoms with Gasteiger partial charge in [0.15, 0.2) is 6.61 Å². The third-order valence-corrected chi connectivity index (χ3v) is 6.16. The van der Waals surface area contributed by atoms with Gasteiger partial charge >= 0.3 is 5.97 Å². The molecule has 1 unspecified atom stereocenters. The topological polar surface area (TPSA) is 77.5 Å². The van der Waals surface area contributed by atoms with Crippen LogP contribution in [0.25, 0.3) is 10.9 Å². The van der Waals surface area contributed by atoms with Crippen LogP contribution >= 0.6 is 0 Å². The van der Waals surface area contributed by atoms with Gasteiger partial charge in [0.1, 0.15) is 11.5 Å². The Morgan fingerprint density at radius 2 is 1.66 bits per heavy atom. The van der Waals surface area contributed by atoms with Crippen LogP contribution in [-0.2, 0) is 22.4 Å². The molecule has 0 saturated carbocycles. The molecule has 1 amide bonds. The second-order valence-electron chi connectivity index (χ2n) is 8.84. The molecule has 6 nitrogen and oxygen atoms in total. The third-order valence-electron chi connectivity index (χ3n) is 6.16. The predicted octanol–water partition coefficient (Wildman–Crippen LogP) is 5.95. The van der Waals surface area contributed by atoms with E-state index >= 15 is 0 Å². The summed E-state index contributed by atoms with van der Waals surface area (Å²) in [7, 11) is 0. The molecule has 0 aliphatic heterocycles. The fourth-order valence-electron chi connectivity index (χ4n) is 4.43. The summed E-state index contributed by atoms with van der Waals surface area (Å²) in [6, 6.07) is 24.1. The fourth-order valence-corrected chi connectivity index (χ4v) is 4.43. The number of ether oxygens (including phenoxy) is 2. The van der Waals surface area contributed by atoms with E-state index in [9.17, 15) is 9.59 Å². The molecule has 0 saturated heterocycles. The SMILES string of the molecule is CC1CCc2nc3ccccc3c(C(=O)OCC(=O)Nc3ccc(Oc4ccccc4)cc3)c2C1. The van der Waals surface area contributed by atoms with Gasteiger partial charge in [-0.15, -0.1) is 0 Å². The Kier molecular flexibility index (Phi) is 6.44. The van der Waals surface area contributed by atoms with E-state index in [4.69, 9.17) is 14.5 Å². The maximum atomic E-state index is 13.2. The Balaban J connectivity index is 1.25. The highest BCUT2D eigenvalue weighted by Crippen LogP contribution is 2.32. The molecular weight excluding hydrogens is 440 g/mol. The van der Waals surface area contributed by atoms with Crippen molar-refractivity contribution in [2.24, 2.45) is 5.92 Å². The van der Waals surface area contributed by atoms with Gasteiger partial charge in [0, 0.05) is 16.8 Å². The Morgan fingerprint density at radius 1 is 0.943 bits per heavy atom. The molecule has 1 N–H and O–H groups in total. The number of hydrogen-bond acceptors (Lipinski definition) is 5. The van der Waals surface area contributed by atoms with Crippen molar-refractivity contribution in [3.05, 3.63) is 95.7 Å². The first kappa shape index (κ1) is 22.6. The summed E-state index contributed by atoms with van der Waals surface area (Å²) in [6.07, 6.45) is 2.66. The number of hydrogen-bond donors (Lipinski definition) is 1. The van der Waals surface area contributed by atoms with Gasteiger partial charge in [0.2, 0.25) is 0 Å². The number of rotatable bonds is 6. The number of nitrogens with zero attached hydrogens (tertiary/aromatic N) is 1. The summed E-state index contributed by atoms with van der Waals surface area (Å²) < 4.78 is 11.2. The highest BCUT2D eigenvalue weighted by Gasteiger charge is 2.26. The van der Waals surface area contributed by atoms with Gasteiger partial charge in [0.05, 0.1) is 11.1 Å². The molecule has 1 heterocycles. The number of benzene rings is 3. The van der Waals surface area contributed by atoms with E-state index in [1.165, 1.54) is 0 Å². The molecule has 5 rings (SSSR count). The first-order valence-electron chi connectivity index (χ1n) is 11.8. The Labute approximate surface area is 203 Å². The molecule has 0 spiro atoms. The maximum Gasteiger partial charge on any atom is 0.339 e. The van der Waals surface area contributed by atoms with Crippen molar-refractivity contribution in [1.82, 2.24) is 4.98 Å². The van der Waals surface area contributed by atoms with Crippen LogP contribution in [-0.4, -0.2) is 23.5 Å². The van der Waals surface area contributed by atoms with Gasteiger partial charge in [-0.1, -0.05) is 43.3 Å². The summed E-state index contributed by atoms with van der Waals surface area (Å²) in [5, 5.41) is 3.53. The highest BCUT2D eigenvalue weighted by atomic mass is 16.5. The van der Waals surface area contributed by atoms with Gasteiger partial charge in [-0.2, -0.15) is 0 Å². The van der Waals surface area contributed by atoms with E-state index in [-0.39, 0.29) is 6.61 Å². The van der Waals surface area contributed by atoms with Gasteiger partial charge in [-0.25, -0.2) is 4.79 Å². The molecule has 6 heteroatoms. The predicted molar refractivity (Wildman–Crippen MR) is 135 cm³/mol. The largest absolute Gasteiger partial charge is 0.457 e. The van der Waals surface area contributed by atoms with Crippen molar-refractivity contribution in [3.8, 4) is 11.5 Å². The van der Waals surface area contributed by atoms with Crippen LogP contribution in [0, 0.1) is 5.92 Å². The zero-order chi connectivity index (χ0) is 24.2. The maximum absolute atomic E-state index is 13.2. The second-order valence-corrected chi connectivity index (χ2v) is 8.84. The van der Waals surface area contributed by atoms with Crippen molar-refractivity contribution >= 4 is 28.5 Å². The molecule has 3 aromatic carbocycles. The number of amides is 1. The van der Waals surface area contributed by atoms with Gasteiger partial charge in [-0.3, -0.25) is 9.78 Å². The van der Waals surface area contributed by atoms with Crippen molar-refractivity contribution in [1.29, 1.82) is 0 Å². The summed E-state index contributed by atoms with van der Waals surface area (Å²) in [5.74, 6) is 0.959. The van der Waals surface area contributed by atoms with Gasteiger partial charge in [0.25, 0.3) is 5.91 Å². The zero-order valence-electron chi connectivity index (χ0n) is 19.5. The monoisotopic (exact) mass is 466 g/mol. The minimum atomic E-state index is -0.490. The number of aromatic nitrogens is 1. The van der Waals surface area contributed by atoms with E-state index in [1.54, 1.807) is 24.3 Å². The normalized spacial score (nSPS) is 14.7. The van der Waals surface area contributed by atoms with Crippen molar-refractivity contribution in [2.75, 3.05) is 11.9 Å². The second kappa shape index (κ2) is 9.97. The minimum absolute atomic E-state index is 0.373. The van der Waals surface area contributed by atoms with Crippen LogP contribution in [0.1, 0.15) is 35.0 Å². The highest BCUT2D eigenvalue weighted by molar-refractivity contribution is 6.06. The molecule has 176 valence electrons. The summed E-state index contributed by atoms with van der Waals surface area (Å²) in [6.45, 7) is 1.80. The molecular formula is C29H26N2O4. The Bertz CT molecular complexity index is 1370. The first-order valence-corrected chi connectivity index (χ1v) is 11.8. The molecule has 0 radical (unpaired) electrons. The molecule has 0 bridgehead atoms. The molecule has 1 atom stereocenters. The average molecular weight is 467 g/mol. The van der Waals surface area contributed by atoms with Crippen LogP contribution in [0.15, 0.2) is 78.9 Å². The van der Waals surface area contributed by atoms with Gasteiger partial charge < -0.3 is 14.8 Å². The van der Waals surface area contributed by atoms with E-state index in [1.807, 2.05) is 54.6 Å². The molecule has 4 aromatic rings. The zero-order valence-corrected chi connectivity index (χ0v) is 19.5. The third kappa shape index (κ3) is 5.17. The number of aryl methyl sites for hydroxylation is 1. The Hall–Kier alpha value is -4.19. The standard InChI is InChI=1S/C29H26N2O4/c1-19-11-16-26-24(17-19)28(23-9-5-6-10-25(23)31-26)29(33)34-18-27(32)30-20-12-14-22(15-13-20)35-21-7-3-2-4-8-21/h2-10,12-15,19H,11,16-18H2,1H3,(H,30,32). The molecule has 1 aromatic heterocycles. The lowest BCUT2D eigenvalue weighted by atomic mass is 9.84. The first-order chi connectivity index (χ1) is 17.1. The smallest absolute Gasteiger partial charge is 0.339 e. The molecule has 1 aliphatic rings. The number of fused-ring (bicyclic) bond motifs is 2. The van der Waals surface area contributed by atoms with E-state index in [0.717, 1.165) is 47.2 Å². The minimum Gasteiger partial charge on any atom is -0.457 e.